The second kappa shape index (κ2) is 7.82. The quantitative estimate of drug-likeness (QED) is 0.778. The van der Waals surface area contributed by atoms with Crippen molar-refractivity contribution in [3.8, 4) is 11.5 Å². The number of ether oxygens (including phenoxy) is 2. The Kier molecular flexibility index (Phi) is 5.80. The normalized spacial score (nSPS) is 12.4. The van der Waals surface area contributed by atoms with Crippen molar-refractivity contribution < 1.29 is 14.6 Å². The number of aliphatic hydroxyl groups is 1. The third-order valence-corrected chi connectivity index (χ3v) is 3.30. The number of aromatic nitrogens is 2. The largest absolute Gasteiger partial charge is 0.493 e. The molecule has 0 saturated heterocycles. The first kappa shape index (κ1) is 16.3. The molecule has 0 spiro atoms. The fourth-order valence-electron chi connectivity index (χ4n) is 2.39. The van der Waals surface area contributed by atoms with Gasteiger partial charge in [0.05, 0.1) is 26.9 Å². The highest BCUT2D eigenvalue weighted by Crippen LogP contribution is 2.28. The molecule has 0 aliphatic rings. The molecule has 0 amide bonds. The van der Waals surface area contributed by atoms with Crippen molar-refractivity contribution in [3.05, 3.63) is 42.0 Å². The Bertz CT molecular complexity index is 570. The van der Waals surface area contributed by atoms with Crippen LogP contribution < -0.4 is 9.47 Å². The van der Waals surface area contributed by atoms with Crippen LogP contribution in [-0.2, 0) is 13.1 Å². The predicted molar refractivity (Wildman–Crippen MR) is 83.9 cm³/mol. The molecule has 0 bridgehead atoms. The molecule has 1 aromatic heterocycles. The van der Waals surface area contributed by atoms with E-state index in [9.17, 15) is 5.11 Å². The lowest BCUT2D eigenvalue weighted by molar-refractivity contribution is 0.116. The van der Waals surface area contributed by atoms with Crippen molar-refractivity contribution in [2.75, 3.05) is 20.8 Å². The van der Waals surface area contributed by atoms with E-state index in [0.717, 1.165) is 11.4 Å². The summed E-state index contributed by atoms with van der Waals surface area (Å²) in [7, 11) is 3.24. The number of nitrogens with zero attached hydrogens (tertiary/aromatic N) is 2. The number of benzene rings is 1. The summed E-state index contributed by atoms with van der Waals surface area (Å²) in [6, 6.07) is 5.84. The number of H-pyrrole nitrogens is 1. The molecule has 6 heteroatoms. The van der Waals surface area contributed by atoms with E-state index in [1.54, 1.807) is 33.5 Å². The van der Waals surface area contributed by atoms with Gasteiger partial charge in [0, 0.05) is 25.5 Å². The van der Waals surface area contributed by atoms with Crippen molar-refractivity contribution in [1.82, 2.24) is 14.9 Å². The molecule has 0 aliphatic carbocycles. The van der Waals surface area contributed by atoms with Crippen LogP contribution in [0.4, 0.5) is 0 Å². The second-order valence-electron chi connectivity index (χ2n) is 5.24. The molecule has 0 aliphatic heterocycles. The molecule has 2 N–H and O–H groups in total. The number of aromatic amines is 1. The van der Waals surface area contributed by atoms with Crippen molar-refractivity contribution in [2.45, 2.75) is 26.1 Å². The summed E-state index contributed by atoms with van der Waals surface area (Å²) in [5.41, 5.74) is 1.09. The van der Waals surface area contributed by atoms with Gasteiger partial charge in [-0.2, -0.15) is 0 Å². The fraction of sp³-hybridized carbons (Fsp3) is 0.438. The number of imidazole rings is 1. The van der Waals surface area contributed by atoms with E-state index in [-0.39, 0.29) is 0 Å². The van der Waals surface area contributed by atoms with Crippen LogP contribution in [0.5, 0.6) is 11.5 Å². The van der Waals surface area contributed by atoms with E-state index >= 15 is 0 Å². The molecule has 2 aromatic rings. The molecule has 120 valence electrons. The Morgan fingerprint density at radius 2 is 2.00 bits per heavy atom. The Labute approximate surface area is 130 Å². The number of aliphatic hydroxyl groups excluding tert-OH is 1. The fourth-order valence-corrected chi connectivity index (χ4v) is 2.39. The third kappa shape index (κ3) is 4.47. The van der Waals surface area contributed by atoms with Gasteiger partial charge in [0.2, 0.25) is 0 Å². The molecule has 1 atom stereocenters. The van der Waals surface area contributed by atoms with Gasteiger partial charge in [-0.05, 0) is 24.6 Å². The number of methoxy groups -OCH3 is 2. The standard InChI is InChI=1S/C16H23N3O3/c1-12(20)9-19(11-16-17-6-7-18-16)10-13-4-5-14(21-2)15(8-13)22-3/h4-8,12,20H,9-11H2,1-3H3,(H,17,18)/t12-/m1/s1. The average molecular weight is 305 g/mol. The van der Waals surface area contributed by atoms with Gasteiger partial charge in [-0.25, -0.2) is 4.98 Å². The molecule has 0 radical (unpaired) electrons. The van der Waals surface area contributed by atoms with Gasteiger partial charge in [0.1, 0.15) is 5.82 Å². The van der Waals surface area contributed by atoms with E-state index in [4.69, 9.17) is 9.47 Å². The smallest absolute Gasteiger partial charge is 0.161 e. The topological polar surface area (TPSA) is 70.6 Å². The first-order valence-corrected chi connectivity index (χ1v) is 7.22. The first-order chi connectivity index (χ1) is 10.6. The zero-order valence-corrected chi connectivity index (χ0v) is 13.2. The summed E-state index contributed by atoms with van der Waals surface area (Å²) in [6.07, 6.45) is 3.12. The van der Waals surface area contributed by atoms with Crippen LogP contribution >= 0.6 is 0 Å². The van der Waals surface area contributed by atoms with Crippen LogP contribution in [0.25, 0.3) is 0 Å². The van der Waals surface area contributed by atoms with Crippen LogP contribution in [0, 0.1) is 0 Å². The van der Waals surface area contributed by atoms with Crippen LogP contribution in [0.3, 0.4) is 0 Å². The molecule has 0 fully saturated rings. The summed E-state index contributed by atoms with van der Waals surface area (Å²) in [4.78, 5) is 9.46. The minimum absolute atomic E-state index is 0.407. The Balaban J connectivity index is 2.12. The molecule has 6 nitrogen and oxygen atoms in total. The van der Waals surface area contributed by atoms with Crippen molar-refractivity contribution in [3.63, 3.8) is 0 Å². The van der Waals surface area contributed by atoms with Gasteiger partial charge in [-0.3, -0.25) is 4.90 Å². The minimum atomic E-state index is -0.407. The molecular weight excluding hydrogens is 282 g/mol. The maximum Gasteiger partial charge on any atom is 0.161 e. The lowest BCUT2D eigenvalue weighted by Gasteiger charge is -2.23. The predicted octanol–water partition coefficient (Wildman–Crippen LogP) is 1.81. The van der Waals surface area contributed by atoms with E-state index in [1.807, 2.05) is 18.2 Å². The Morgan fingerprint density at radius 1 is 1.23 bits per heavy atom. The van der Waals surface area contributed by atoms with E-state index in [0.29, 0.717) is 31.1 Å². The summed E-state index contributed by atoms with van der Waals surface area (Å²) in [5.74, 6) is 2.29. The van der Waals surface area contributed by atoms with Crippen molar-refractivity contribution in [2.24, 2.45) is 0 Å². The molecule has 2 rings (SSSR count). The van der Waals surface area contributed by atoms with Crippen LogP contribution in [0.15, 0.2) is 30.6 Å². The maximum atomic E-state index is 9.70. The van der Waals surface area contributed by atoms with Crippen molar-refractivity contribution in [1.29, 1.82) is 0 Å². The molecule has 1 heterocycles. The van der Waals surface area contributed by atoms with E-state index < -0.39 is 6.10 Å². The molecule has 0 unspecified atom stereocenters. The maximum absolute atomic E-state index is 9.70. The number of rotatable bonds is 8. The molecular formula is C16H23N3O3. The number of hydrogen-bond acceptors (Lipinski definition) is 5. The summed E-state index contributed by atoms with van der Waals surface area (Å²) < 4.78 is 10.6. The highest BCUT2D eigenvalue weighted by Gasteiger charge is 2.13. The first-order valence-electron chi connectivity index (χ1n) is 7.22. The van der Waals surface area contributed by atoms with Gasteiger partial charge in [0.25, 0.3) is 0 Å². The highest BCUT2D eigenvalue weighted by atomic mass is 16.5. The molecule has 1 aromatic carbocycles. The van der Waals surface area contributed by atoms with E-state index in [2.05, 4.69) is 14.9 Å². The lowest BCUT2D eigenvalue weighted by Crippen LogP contribution is -2.30. The zero-order chi connectivity index (χ0) is 15.9. The number of hydrogen-bond donors (Lipinski definition) is 2. The van der Waals surface area contributed by atoms with Crippen LogP contribution in [0.2, 0.25) is 0 Å². The average Bonchev–Trinajstić information content (AvgIpc) is 2.99. The van der Waals surface area contributed by atoms with Gasteiger partial charge >= 0.3 is 0 Å². The van der Waals surface area contributed by atoms with Gasteiger partial charge < -0.3 is 19.6 Å². The van der Waals surface area contributed by atoms with Gasteiger partial charge in [-0.1, -0.05) is 6.07 Å². The van der Waals surface area contributed by atoms with Crippen LogP contribution in [-0.4, -0.2) is 46.8 Å². The summed E-state index contributed by atoms with van der Waals surface area (Å²) in [6.45, 7) is 3.68. The van der Waals surface area contributed by atoms with Gasteiger partial charge in [0.15, 0.2) is 11.5 Å². The second-order valence-corrected chi connectivity index (χ2v) is 5.24. The monoisotopic (exact) mass is 305 g/mol. The Hall–Kier alpha value is -2.05. The highest BCUT2D eigenvalue weighted by molar-refractivity contribution is 5.42. The lowest BCUT2D eigenvalue weighted by atomic mass is 10.1. The third-order valence-electron chi connectivity index (χ3n) is 3.30. The van der Waals surface area contributed by atoms with E-state index in [1.165, 1.54) is 0 Å². The summed E-state index contributed by atoms with van der Waals surface area (Å²) >= 11 is 0. The number of nitrogens with one attached hydrogen (secondary N) is 1. The molecule has 22 heavy (non-hydrogen) atoms. The minimum Gasteiger partial charge on any atom is -0.493 e. The van der Waals surface area contributed by atoms with Crippen LogP contribution in [0.1, 0.15) is 18.3 Å². The zero-order valence-electron chi connectivity index (χ0n) is 13.2. The van der Waals surface area contributed by atoms with Gasteiger partial charge in [-0.15, -0.1) is 0 Å². The van der Waals surface area contributed by atoms with Crippen molar-refractivity contribution >= 4 is 0 Å². The Morgan fingerprint density at radius 3 is 2.59 bits per heavy atom. The SMILES string of the molecule is COc1ccc(CN(Cc2ncc[nH]2)C[C@@H](C)O)cc1OC. The molecule has 0 saturated carbocycles. The summed E-state index contributed by atoms with van der Waals surface area (Å²) in [5, 5.41) is 9.70.